The van der Waals surface area contributed by atoms with E-state index in [0.717, 1.165) is 12.2 Å². The molecule has 0 unspecified atom stereocenters. The maximum Gasteiger partial charge on any atom is 0.146 e. The van der Waals surface area contributed by atoms with Gasteiger partial charge in [-0.05, 0) is 24.5 Å². The summed E-state index contributed by atoms with van der Waals surface area (Å²) in [6.45, 7) is 0.934. The van der Waals surface area contributed by atoms with E-state index in [1.54, 1.807) is 6.07 Å². The minimum absolute atomic E-state index is 0. The second kappa shape index (κ2) is 2.61. The van der Waals surface area contributed by atoms with E-state index in [-0.39, 0.29) is 18.2 Å². The van der Waals surface area contributed by atoms with Gasteiger partial charge in [0.1, 0.15) is 5.82 Å². The molecule has 2 aliphatic rings. The number of hydrogen-bond donors (Lipinski definition) is 1. The van der Waals surface area contributed by atoms with Gasteiger partial charge in [0.05, 0.1) is 5.69 Å². The first-order valence-electron chi connectivity index (χ1n) is 4.35. The van der Waals surface area contributed by atoms with E-state index < -0.39 is 0 Å². The summed E-state index contributed by atoms with van der Waals surface area (Å²) < 4.78 is 13.2. The fourth-order valence-corrected chi connectivity index (χ4v) is 2.10. The van der Waals surface area contributed by atoms with Crippen LogP contribution in [0, 0.1) is 5.82 Å². The number of fused-ring (bicyclic) bond motifs is 2. The Balaban J connectivity index is 0.000000653. The van der Waals surface area contributed by atoms with Gasteiger partial charge in [-0.2, -0.15) is 0 Å². The molecule has 0 amide bonds. The van der Waals surface area contributed by atoms with Gasteiger partial charge in [-0.1, -0.05) is 12.1 Å². The van der Waals surface area contributed by atoms with Gasteiger partial charge in [0.15, 0.2) is 0 Å². The average molecular weight is 200 g/mol. The third-order valence-electron chi connectivity index (χ3n) is 3.04. The van der Waals surface area contributed by atoms with Gasteiger partial charge in [0.25, 0.3) is 0 Å². The summed E-state index contributed by atoms with van der Waals surface area (Å²) in [7, 11) is 0. The van der Waals surface area contributed by atoms with Gasteiger partial charge in [0.2, 0.25) is 0 Å². The van der Waals surface area contributed by atoms with Crippen LogP contribution >= 0.6 is 12.4 Å². The molecule has 1 aliphatic carbocycles. The van der Waals surface area contributed by atoms with Gasteiger partial charge < -0.3 is 5.32 Å². The highest BCUT2D eigenvalue weighted by Crippen LogP contribution is 2.54. The van der Waals surface area contributed by atoms with Crippen LogP contribution in [0.2, 0.25) is 0 Å². The van der Waals surface area contributed by atoms with Gasteiger partial charge in [-0.25, -0.2) is 4.39 Å². The first-order valence-corrected chi connectivity index (χ1v) is 4.35. The lowest BCUT2D eigenvalue weighted by molar-refractivity contribution is 0.631. The van der Waals surface area contributed by atoms with E-state index in [0.29, 0.717) is 5.41 Å². The Labute approximate surface area is 82.7 Å². The molecule has 0 atom stereocenters. The summed E-state index contributed by atoms with van der Waals surface area (Å²) in [5.74, 6) is -0.101. The average Bonchev–Trinajstić information content (AvgIpc) is 2.73. The van der Waals surface area contributed by atoms with Crippen molar-refractivity contribution in [3.8, 4) is 0 Å². The molecule has 1 nitrogen and oxygen atoms in total. The van der Waals surface area contributed by atoms with Crippen molar-refractivity contribution in [3.05, 3.63) is 29.6 Å². The van der Waals surface area contributed by atoms with Crippen molar-refractivity contribution < 1.29 is 4.39 Å². The molecule has 1 aliphatic heterocycles. The summed E-state index contributed by atoms with van der Waals surface area (Å²) in [6.07, 6.45) is 2.44. The van der Waals surface area contributed by atoms with Crippen molar-refractivity contribution in [1.82, 2.24) is 0 Å². The lowest BCUT2D eigenvalue weighted by atomic mass is 9.99. The van der Waals surface area contributed by atoms with Crippen LogP contribution in [0.15, 0.2) is 18.2 Å². The fourth-order valence-electron chi connectivity index (χ4n) is 2.10. The van der Waals surface area contributed by atoms with Crippen LogP contribution in [0.1, 0.15) is 18.4 Å². The normalized spacial score (nSPS) is 20.4. The van der Waals surface area contributed by atoms with Crippen molar-refractivity contribution in [2.75, 3.05) is 11.9 Å². The van der Waals surface area contributed by atoms with E-state index in [1.807, 2.05) is 6.07 Å². The van der Waals surface area contributed by atoms with Gasteiger partial charge in [0, 0.05) is 12.0 Å². The molecule has 1 spiro atoms. The monoisotopic (exact) mass is 199 g/mol. The van der Waals surface area contributed by atoms with E-state index in [9.17, 15) is 4.39 Å². The molecule has 0 radical (unpaired) electrons. The molecule has 0 bridgehead atoms. The Bertz CT molecular complexity index is 347. The Morgan fingerprint density at radius 1 is 1.31 bits per heavy atom. The number of hydrogen-bond acceptors (Lipinski definition) is 1. The van der Waals surface area contributed by atoms with Crippen molar-refractivity contribution >= 4 is 18.1 Å². The van der Waals surface area contributed by atoms with E-state index in [1.165, 1.54) is 24.5 Å². The highest BCUT2D eigenvalue weighted by atomic mass is 35.5. The molecule has 1 aromatic rings. The topological polar surface area (TPSA) is 12.0 Å². The molecule has 1 N–H and O–H groups in total. The van der Waals surface area contributed by atoms with Crippen LogP contribution in [-0.2, 0) is 5.41 Å². The van der Waals surface area contributed by atoms with Gasteiger partial charge in [-0.3, -0.25) is 0 Å². The van der Waals surface area contributed by atoms with Gasteiger partial charge in [-0.15, -0.1) is 12.4 Å². The summed E-state index contributed by atoms with van der Waals surface area (Å²) >= 11 is 0. The second-order valence-corrected chi connectivity index (χ2v) is 3.80. The first-order chi connectivity index (χ1) is 5.82. The van der Waals surface area contributed by atoms with Crippen molar-refractivity contribution in [2.24, 2.45) is 0 Å². The molecule has 1 fully saturated rings. The summed E-state index contributed by atoms with van der Waals surface area (Å²) in [6, 6.07) is 5.37. The maximum absolute atomic E-state index is 13.2. The molecular weight excluding hydrogens is 189 g/mol. The zero-order chi connectivity index (χ0) is 8.18. The summed E-state index contributed by atoms with van der Waals surface area (Å²) in [5.41, 5.74) is 2.26. The number of nitrogens with one attached hydrogen (secondary N) is 1. The van der Waals surface area contributed by atoms with Crippen molar-refractivity contribution in [1.29, 1.82) is 0 Å². The lowest BCUT2D eigenvalue weighted by Crippen LogP contribution is -2.07. The number of halogens is 2. The van der Waals surface area contributed by atoms with Gasteiger partial charge >= 0.3 is 0 Å². The van der Waals surface area contributed by atoms with E-state index in [2.05, 4.69) is 5.32 Å². The number of rotatable bonds is 0. The molecule has 1 aromatic carbocycles. The smallest absolute Gasteiger partial charge is 0.146 e. The van der Waals surface area contributed by atoms with Crippen LogP contribution in [0.3, 0.4) is 0 Å². The Morgan fingerprint density at radius 2 is 2.08 bits per heavy atom. The number of anilines is 1. The van der Waals surface area contributed by atoms with E-state index in [4.69, 9.17) is 0 Å². The summed E-state index contributed by atoms with van der Waals surface area (Å²) in [5, 5.41) is 3.15. The molecule has 13 heavy (non-hydrogen) atoms. The highest BCUT2D eigenvalue weighted by Gasteiger charge is 2.49. The third kappa shape index (κ3) is 1.05. The molecule has 1 saturated carbocycles. The largest absolute Gasteiger partial charge is 0.382 e. The van der Waals surface area contributed by atoms with Crippen LogP contribution in [-0.4, -0.2) is 6.54 Å². The zero-order valence-electron chi connectivity index (χ0n) is 7.14. The molecule has 1 heterocycles. The fraction of sp³-hybridized carbons (Fsp3) is 0.400. The Hall–Kier alpha value is -0.760. The Kier molecular flexibility index (Phi) is 1.77. The first kappa shape index (κ1) is 8.82. The molecule has 3 rings (SSSR count). The number of para-hydroxylation sites is 1. The van der Waals surface area contributed by atoms with Crippen LogP contribution < -0.4 is 5.32 Å². The summed E-state index contributed by atoms with van der Waals surface area (Å²) in [4.78, 5) is 0. The molecule has 3 heteroatoms. The third-order valence-corrected chi connectivity index (χ3v) is 3.04. The minimum atomic E-state index is -0.101. The Morgan fingerprint density at radius 3 is 2.77 bits per heavy atom. The second-order valence-electron chi connectivity index (χ2n) is 3.80. The molecule has 0 aromatic heterocycles. The highest BCUT2D eigenvalue weighted by molar-refractivity contribution is 5.85. The van der Waals surface area contributed by atoms with E-state index >= 15 is 0 Å². The molecule has 70 valence electrons. The quantitative estimate of drug-likeness (QED) is 0.678. The molecule has 0 saturated heterocycles. The van der Waals surface area contributed by atoms with Crippen LogP contribution in [0.5, 0.6) is 0 Å². The zero-order valence-corrected chi connectivity index (χ0v) is 7.96. The number of benzene rings is 1. The van der Waals surface area contributed by atoms with Crippen LogP contribution in [0.25, 0.3) is 0 Å². The SMILES string of the molecule is Cl.Fc1cccc2c1NCC21CC1. The standard InChI is InChI=1S/C10H10FN.ClH/c11-8-3-1-2-7-9(8)12-6-10(7)4-5-10;/h1-3,12H,4-6H2;1H. The van der Waals surface area contributed by atoms with Crippen molar-refractivity contribution in [3.63, 3.8) is 0 Å². The predicted octanol–water partition coefficient (Wildman–Crippen LogP) is 2.70. The predicted molar refractivity (Wildman–Crippen MR) is 53.0 cm³/mol. The maximum atomic E-state index is 13.2. The lowest BCUT2D eigenvalue weighted by Gasteiger charge is -2.04. The molecular formula is C10H11ClFN. The van der Waals surface area contributed by atoms with Crippen molar-refractivity contribution in [2.45, 2.75) is 18.3 Å². The van der Waals surface area contributed by atoms with Crippen LogP contribution in [0.4, 0.5) is 10.1 Å². The minimum Gasteiger partial charge on any atom is -0.382 e.